The van der Waals surface area contributed by atoms with E-state index in [-0.39, 0.29) is 11.5 Å². The van der Waals surface area contributed by atoms with Crippen molar-refractivity contribution in [3.8, 4) is 0 Å². The Hall–Kier alpha value is -2.12. The molecule has 0 bridgehead atoms. The van der Waals surface area contributed by atoms with Gasteiger partial charge in [0.05, 0.1) is 5.39 Å². The van der Waals surface area contributed by atoms with E-state index in [0.29, 0.717) is 21.9 Å². The summed E-state index contributed by atoms with van der Waals surface area (Å²) in [6.45, 7) is 0. The van der Waals surface area contributed by atoms with E-state index in [1.165, 1.54) is 23.1 Å². The van der Waals surface area contributed by atoms with Crippen LogP contribution < -0.4 is 5.56 Å². The van der Waals surface area contributed by atoms with Crippen molar-refractivity contribution in [2.75, 3.05) is 14.1 Å². The largest absolute Gasteiger partial charge is 0.345 e. The number of hydrogen-bond donors (Lipinski definition) is 0. The van der Waals surface area contributed by atoms with Gasteiger partial charge in [0.2, 0.25) is 0 Å². The summed E-state index contributed by atoms with van der Waals surface area (Å²) in [7, 11) is 5.21. The first-order chi connectivity index (χ1) is 11.5. The predicted molar refractivity (Wildman–Crippen MR) is 98.9 cm³/mol. The van der Waals surface area contributed by atoms with Gasteiger partial charge in [-0.15, -0.1) is 11.3 Å². The van der Waals surface area contributed by atoms with Crippen molar-refractivity contribution in [2.24, 2.45) is 7.05 Å². The average molecular weight is 359 g/mol. The van der Waals surface area contributed by atoms with E-state index < -0.39 is 0 Å². The lowest BCUT2D eigenvalue weighted by molar-refractivity contribution is 0.0827. The van der Waals surface area contributed by atoms with Gasteiger partial charge in [0, 0.05) is 32.5 Å². The molecule has 1 amide bonds. The topological polar surface area (TPSA) is 55.2 Å². The number of hydrogen-bond acceptors (Lipinski definition) is 5. The summed E-state index contributed by atoms with van der Waals surface area (Å²) in [4.78, 5) is 31.2. The fourth-order valence-electron chi connectivity index (χ4n) is 2.31. The molecule has 0 spiro atoms. The molecule has 5 nitrogen and oxygen atoms in total. The van der Waals surface area contributed by atoms with E-state index in [4.69, 9.17) is 0 Å². The Morgan fingerprint density at radius 3 is 2.88 bits per heavy atom. The lowest BCUT2D eigenvalue weighted by atomic mass is 10.1. The molecule has 0 saturated carbocycles. The number of carbonyl (C=O) groups excluding carboxylic acids is 1. The van der Waals surface area contributed by atoms with Gasteiger partial charge in [-0.05, 0) is 29.1 Å². The number of benzene rings is 1. The Kier molecular flexibility index (Phi) is 4.73. The van der Waals surface area contributed by atoms with Crippen molar-refractivity contribution < 1.29 is 4.79 Å². The fourth-order valence-corrected chi connectivity index (χ4v) is 4.03. The van der Waals surface area contributed by atoms with Gasteiger partial charge in [0.15, 0.2) is 5.16 Å². The van der Waals surface area contributed by atoms with Crippen molar-refractivity contribution in [3.05, 3.63) is 57.2 Å². The van der Waals surface area contributed by atoms with Gasteiger partial charge in [-0.2, -0.15) is 0 Å². The molecular weight excluding hydrogens is 342 g/mol. The molecule has 0 N–H and O–H groups in total. The highest BCUT2D eigenvalue weighted by Crippen LogP contribution is 2.24. The number of fused-ring (bicyclic) bond motifs is 1. The van der Waals surface area contributed by atoms with Gasteiger partial charge in [-0.1, -0.05) is 23.9 Å². The van der Waals surface area contributed by atoms with E-state index >= 15 is 0 Å². The first-order valence-electron chi connectivity index (χ1n) is 7.35. The minimum Gasteiger partial charge on any atom is -0.345 e. The standard InChI is InChI=1S/C17H17N3O2S2/c1-19(2)15(21)12-6-4-5-11(9-12)10-24-17-18-14-13(7-8-23-14)16(22)20(17)3/h4-9H,10H2,1-3H3. The van der Waals surface area contributed by atoms with Crippen molar-refractivity contribution in [1.82, 2.24) is 14.5 Å². The third-order valence-electron chi connectivity index (χ3n) is 3.61. The second-order valence-electron chi connectivity index (χ2n) is 5.59. The van der Waals surface area contributed by atoms with Gasteiger partial charge < -0.3 is 4.90 Å². The smallest absolute Gasteiger partial charge is 0.262 e. The summed E-state index contributed by atoms with van der Waals surface area (Å²) in [6.07, 6.45) is 0. The van der Waals surface area contributed by atoms with Crippen LogP contribution in [0, 0.1) is 0 Å². The molecule has 7 heteroatoms. The number of rotatable bonds is 4. The summed E-state index contributed by atoms with van der Waals surface area (Å²) >= 11 is 2.96. The molecule has 24 heavy (non-hydrogen) atoms. The zero-order valence-corrected chi connectivity index (χ0v) is 15.3. The van der Waals surface area contributed by atoms with Crippen LogP contribution in [-0.4, -0.2) is 34.5 Å². The molecule has 0 aliphatic rings. The van der Waals surface area contributed by atoms with E-state index in [2.05, 4.69) is 4.98 Å². The van der Waals surface area contributed by atoms with Crippen LogP contribution in [0.15, 0.2) is 45.7 Å². The van der Waals surface area contributed by atoms with Crippen LogP contribution in [-0.2, 0) is 12.8 Å². The first kappa shape index (κ1) is 16.7. The molecule has 1 aromatic carbocycles. The Morgan fingerprint density at radius 2 is 2.12 bits per heavy atom. The fraction of sp³-hybridized carbons (Fsp3) is 0.235. The van der Waals surface area contributed by atoms with Crippen molar-refractivity contribution >= 4 is 39.2 Å². The number of carbonyl (C=O) groups is 1. The van der Waals surface area contributed by atoms with Gasteiger partial charge in [0.25, 0.3) is 11.5 Å². The summed E-state index contributed by atoms with van der Waals surface area (Å²) in [6, 6.07) is 9.35. The minimum absolute atomic E-state index is 0.0209. The normalized spacial score (nSPS) is 11.0. The van der Waals surface area contributed by atoms with Crippen LogP contribution in [0.5, 0.6) is 0 Å². The molecule has 0 aliphatic heterocycles. The SMILES string of the molecule is CN(C)C(=O)c1cccc(CSc2nc3sccc3c(=O)n2C)c1. The zero-order chi connectivity index (χ0) is 17.3. The van der Waals surface area contributed by atoms with Crippen molar-refractivity contribution in [1.29, 1.82) is 0 Å². The zero-order valence-electron chi connectivity index (χ0n) is 13.6. The molecule has 3 aromatic rings. The Labute approximate surface area is 147 Å². The highest BCUT2D eigenvalue weighted by molar-refractivity contribution is 7.98. The summed E-state index contributed by atoms with van der Waals surface area (Å²) in [5.74, 6) is 0.624. The monoisotopic (exact) mass is 359 g/mol. The van der Waals surface area contributed by atoms with E-state index in [1.807, 2.05) is 29.6 Å². The Morgan fingerprint density at radius 1 is 1.33 bits per heavy atom. The third kappa shape index (κ3) is 3.22. The molecule has 2 heterocycles. The van der Waals surface area contributed by atoms with Crippen LogP contribution in [0.1, 0.15) is 15.9 Å². The predicted octanol–water partition coefficient (Wildman–Crippen LogP) is 2.99. The number of aromatic nitrogens is 2. The van der Waals surface area contributed by atoms with E-state index in [1.54, 1.807) is 36.7 Å². The van der Waals surface area contributed by atoms with E-state index in [9.17, 15) is 9.59 Å². The van der Waals surface area contributed by atoms with Gasteiger partial charge in [-0.25, -0.2) is 4.98 Å². The highest BCUT2D eigenvalue weighted by Gasteiger charge is 2.11. The molecular formula is C17H17N3O2S2. The molecule has 0 unspecified atom stereocenters. The highest BCUT2D eigenvalue weighted by atomic mass is 32.2. The number of amides is 1. The maximum absolute atomic E-state index is 12.3. The number of thiophene rings is 1. The van der Waals surface area contributed by atoms with E-state index in [0.717, 1.165) is 10.4 Å². The van der Waals surface area contributed by atoms with Crippen LogP contribution >= 0.6 is 23.1 Å². The molecule has 0 saturated heterocycles. The second-order valence-corrected chi connectivity index (χ2v) is 7.42. The lowest BCUT2D eigenvalue weighted by Gasteiger charge is -2.11. The molecule has 3 rings (SSSR count). The Bertz CT molecular complexity index is 960. The summed E-state index contributed by atoms with van der Waals surface area (Å²) in [5, 5.41) is 3.22. The molecule has 0 atom stereocenters. The minimum atomic E-state index is -0.0275. The van der Waals surface area contributed by atoms with Crippen molar-refractivity contribution in [2.45, 2.75) is 10.9 Å². The molecule has 0 aliphatic carbocycles. The number of nitrogens with zero attached hydrogens (tertiary/aromatic N) is 3. The van der Waals surface area contributed by atoms with Crippen molar-refractivity contribution in [3.63, 3.8) is 0 Å². The van der Waals surface area contributed by atoms with Gasteiger partial charge in [0.1, 0.15) is 4.83 Å². The van der Waals surface area contributed by atoms with Gasteiger partial charge in [-0.3, -0.25) is 14.2 Å². The van der Waals surface area contributed by atoms with Crippen LogP contribution in [0.4, 0.5) is 0 Å². The lowest BCUT2D eigenvalue weighted by Crippen LogP contribution is -2.21. The van der Waals surface area contributed by atoms with Crippen LogP contribution in [0.2, 0.25) is 0 Å². The number of thioether (sulfide) groups is 1. The molecule has 124 valence electrons. The molecule has 0 radical (unpaired) electrons. The maximum atomic E-state index is 12.3. The maximum Gasteiger partial charge on any atom is 0.262 e. The van der Waals surface area contributed by atoms with Gasteiger partial charge >= 0.3 is 0 Å². The quantitative estimate of drug-likeness (QED) is 0.531. The summed E-state index contributed by atoms with van der Waals surface area (Å²) < 4.78 is 1.58. The Balaban J connectivity index is 1.84. The third-order valence-corrected chi connectivity index (χ3v) is 5.52. The molecule has 2 aromatic heterocycles. The van der Waals surface area contributed by atoms with Crippen LogP contribution in [0.25, 0.3) is 10.2 Å². The van der Waals surface area contributed by atoms with Crippen LogP contribution in [0.3, 0.4) is 0 Å². The second kappa shape index (κ2) is 6.78. The molecule has 0 fully saturated rings. The summed E-state index contributed by atoms with van der Waals surface area (Å²) in [5.41, 5.74) is 1.65. The first-order valence-corrected chi connectivity index (χ1v) is 9.21. The average Bonchev–Trinajstić information content (AvgIpc) is 3.05.